The number of nitrogens with one attached hydrogen (secondary N) is 1. The number of para-hydroxylation sites is 1. The molecule has 0 radical (unpaired) electrons. The van der Waals surface area contributed by atoms with Crippen LogP contribution >= 0.6 is 23.4 Å². The Morgan fingerprint density at radius 2 is 1.87 bits per heavy atom. The zero-order chi connectivity index (χ0) is 22.3. The molecule has 0 aliphatic rings. The summed E-state index contributed by atoms with van der Waals surface area (Å²) in [4.78, 5) is 0.798. The monoisotopic (exact) mass is 475 g/mol. The fourth-order valence-corrected chi connectivity index (χ4v) is 5.50. The molecule has 0 saturated carbocycles. The zero-order valence-electron chi connectivity index (χ0n) is 16.8. The van der Waals surface area contributed by atoms with E-state index in [0.29, 0.717) is 11.4 Å². The summed E-state index contributed by atoms with van der Waals surface area (Å²) >= 11 is 7.70. The van der Waals surface area contributed by atoms with Crippen molar-refractivity contribution in [3.8, 4) is 5.75 Å². The number of anilines is 1. The van der Waals surface area contributed by atoms with Crippen LogP contribution in [0.15, 0.2) is 81.6 Å². The Morgan fingerprint density at radius 3 is 2.58 bits per heavy atom. The average molecular weight is 476 g/mol. The van der Waals surface area contributed by atoms with E-state index in [1.807, 2.05) is 36.4 Å². The first-order valence-corrected chi connectivity index (χ1v) is 12.2. The van der Waals surface area contributed by atoms with E-state index in [-0.39, 0.29) is 9.92 Å². The van der Waals surface area contributed by atoms with Gasteiger partial charge in [-0.15, -0.1) is 11.8 Å². The number of rotatable bonds is 9. The molecule has 0 fully saturated rings. The minimum atomic E-state index is -3.88. The number of benzene rings is 3. The van der Waals surface area contributed by atoms with Gasteiger partial charge in [-0.05, 0) is 41.8 Å². The van der Waals surface area contributed by atoms with E-state index in [4.69, 9.17) is 22.2 Å². The van der Waals surface area contributed by atoms with Crippen molar-refractivity contribution in [3.63, 3.8) is 0 Å². The number of thioether (sulfide) groups is 1. The van der Waals surface area contributed by atoms with E-state index in [1.54, 1.807) is 36.2 Å². The lowest BCUT2D eigenvalue weighted by molar-refractivity contribution is 0.413. The summed E-state index contributed by atoms with van der Waals surface area (Å²) in [5.74, 6) is 6.36. The molecule has 31 heavy (non-hydrogen) atoms. The number of halogens is 1. The van der Waals surface area contributed by atoms with Gasteiger partial charge in [0.2, 0.25) is 0 Å². The third kappa shape index (κ3) is 6.16. The molecule has 3 rings (SSSR count). The molecule has 0 aliphatic carbocycles. The molecule has 162 valence electrons. The summed E-state index contributed by atoms with van der Waals surface area (Å²) in [6, 6.07) is 19.7. The highest BCUT2D eigenvalue weighted by molar-refractivity contribution is 7.99. The van der Waals surface area contributed by atoms with Gasteiger partial charge in [0.25, 0.3) is 10.0 Å². The summed E-state index contributed by atoms with van der Waals surface area (Å²) in [6.07, 6.45) is 2.42. The van der Waals surface area contributed by atoms with Gasteiger partial charge in [-0.25, -0.2) is 8.42 Å². The van der Waals surface area contributed by atoms with Crippen LogP contribution < -0.4 is 15.3 Å². The summed E-state index contributed by atoms with van der Waals surface area (Å²) in [6.45, 7) is 0. The van der Waals surface area contributed by atoms with Crippen LogP contribution in [0.3, 0.4) is 0 Å². The molecule has 9 heteroatoms. The second-order valence-electron chi connectivity index (χ2n) is 6.52. The first kappa shape index (κ1) is 23.0. The van der Waals surface area contributed by atoms with Crippen molar-refractivity contribution in [1.82, 2.24) is 0 Å². The van der Waals surface area contributed by atoms with Crippen molar-refractivity contribution in [2.45, 2.75) is 16.2 Å². The number of ether oxygens (including phenoxy) is 1. The number of hydrogen-bond donors (Lipinski definition) is 2. The van der Waals surface area contributed by atoms with Crippen molar-refractivity contribution in [3.05, 3.63) is 82.9 Å². The molecule has 0 bridgehead atoms. The van der Waals surface area contributed by atoms with Crippen molar-refractivity contribution < 1.29 is 13.2 Å². The highest BCUT2D eigenvalue weighted by Gasteiger charge is 2.20. The fraction of sp³-hybridized carbons (Fsp3) is 0.136. The zero-order valence-corrected chi connectivity index (χ0v) is 19.2. The molecule has 3 aromatic carbocycles. The van der Waals surface area contributed by atoms with Gasteiger partial charge < -0.3 is 10.6 Å². The molecule has 3 aromatic rings. The van der Waals surface area contributed by atoms with Crippen LogP contribution in [0.2, 0.25) is 5.02 Å². The normalized spacial score (nSPS) is 11.5. The molecule has 0 amide bonds. The first-order chi connectivity index (χ1) is 14.9. The Bertz CT molecular complexity index is 1170. The molecular weight excluding hydrogens is 454 g/mol. The van der Waals surface area contributed by atoms with Crippen molar-refractivity contribution in [1.29, 1.82) is 0 Å². The summed E-state index contributed by atoms with van der Waals surface area (Å²) in [5.41, 5.74) is 2.61. The van der Waals surface area contributed by atoms with E-state index >= 15 is 0 Å². The summed E-state index contributed by atoms with van der Waals surface area (Å²) < 4.78 is 33.7. The number of methoxy groups -OCH3 is 1. The number of aryl methyl sites for hydroxylation is 1. The lowest BCUT2D eigenvalue weighted by atomic mass is 10.1. The van der Waals surface area contributed by atoms with Crippen molar-refractivity contribution >= 4 is 45.3 Å². The number of nitrogens with two attached hydrogens (primary N) is 1. The molecule has 3 N–H and O–H groups in total. The van der Waals surface area contributed by atoms with Crippen LogP contribution in [0.1, 0.15) is 11.1 Å². The standard InChI is InChI=1S/C22H22ClN3O3S2/c1-29-18-10-11-19(23)22(14-18)31(27,28)26-20-4-2-3-5-21(20)30-13-12-16-6-8-17(9-7-16)15-25-24/h2-11,14-15,26H,12-13,24H2,1H3. The van der Waals surface area contributed by atoms with Crippen LogP contribution in [-0.4, -0.2) is 27.5 Å². The third-order valence-electron chi connectivity index (χ3n) is 4.41. The second kappa shape index (κ2) is 10.6. The third-order valence-corrected chi connectivity index (χ3v) is 7.33. The maximum atomic E-state index is 12.9. The number of nitrogens with zero attached hydrogens (tertiary/aromatic N) is 1. The molecule has 0 heterocycles. The van der Waals surface area contributed by atoms with Crippen LogP contribution in [0, 0.1) is 0 Å². The molecule has 0 aromatic heterocycles. The molecule has 0 saturated heterocycles. The fourth-order valence-electron chi connectivity index (χ4n) is 2.83. The van der Waals surface area contributed by atoms with E-state index in [0.717, 1.165) is 22.6 Å². The smallest absolute Gasteiger partial charge is 0.263 e. The van der Waals surface area contributed by atoms with E-state index in [2.05, 4.69) is 9.82 Å². The number of sulfonamides is 1. The molecule has 0 aliphatic heterocycles. The van der Waals surface area contributed by atoms with Gasteiger partial charge >= 0.3 is 0 Å². The van der Waals surface area contributed by atoms with Gasteiger partial charge in [0, 0.05) is 16.7 Å². The largest absolute Gasteiger partial charge is 0.497 e. The topological polar surface area (TPSA) is 93.8 Å². The van der Waals surface area contributed by atoms with Crippen LogP contribution in [-0.2, 0) is 16.4 Å². The Labute approximate surface area is 191 Å². The SMILES string of the molecule is COc1ccc(Cl)c(S(=O)(=O)Nc2ccccc2SCCc2ccc(C=NN)cc2)c1. The van der Waals surface area contributed by atoms with Gasteiger partial charge in [0.1, 0.15) is 10.6 Å². The van der Waals surface area contributed by atoms with Crippen LogP contribution in [0.5, 0.6) is 5.75 Å². The first-order valence-electron chi connectivity index (χ1n) is 9.33. The van der Waals surface area contributed by atoms with Crippen molar-refractivity contribution in [2.75, 3.05) is 17.6 Å². The minimum Gasteiger partial charge on any atom is -0.497 e. The van der Waals surface area contributed by atoms with Crippen LogP contribution in [0.4, 0.5) is 5.69 Å². The highest BCUT2D eigenvalue weighted by atomic mass is 35.5. The molecule has 6 nitrogen and oxygen atoms in total. The maximum absolute atomic E-state index is 12.9. The molecule has 0 spiro atoms. The van der Waals surface area contributed by atoms with Gasteiger partial charge in [0.05, 0.1) is 24.0 Å². The highest BCUT2D eigenvalue weighted by Crippen LogP contribution is 2.32. The van der Waals surface area contributed by atoms with Gasteiger partial charge in [0.15, 0.2) is 0 Å². The Hall–Kier alpha value is -2.68. The number of hydrazone groups is 1. The minimum absolute atomic E-state index is 0.0329. The predicted molar refractivity (Wildman–Crippen MR) is 128 cm³/mol. The van der Waals surface area contributed by atoms with Gasteiger partial charge in [-0.1, -0.05) is 48.0 Å². The summed E-state index contributed by atoms with van der Waals surface area (Å²) in [7, 11) is -2.41. The van der Waals surface area contributed by atoms with Gasteiger partial charge in [-0.3, -0.25) is 4.72 Å². The van der Waals surface area contributed by atoms with E-state index in [9.17, 15) is 8.42 Å². The van der Waals surface area contributed by atoms with Crippen LogP contribution in [0.25, 0.3) is 0 Å². The molecule has 0 atom stereocenters. The van der Waals surface area contributed by atoms with E-state index in [1.165, 1.54) is 24.8 Å². The van der Waals surface area contributed by atoms with Crippen molar-refractivity contribution in [2.24, 2.45) is 10.9 Å². The summed E-state index contributed by atoms with van der Waals surface area (Å²) in [5, 5.41) is 3.64. The molecule has 0 unspecified atom stereocenters. The molecular formula is C22H22ClN3O3S2. The Kier molecular flexibility index (Phi) is 7.84. The Morgan fingerprint density at radius 1 is 1.13 bits per heavy atom. The quantitative estimate of drug-likeness (QED) is 0.201. The average Bonchev–Trinajstić information content (AvgIpc) is 2.76. The second-order valence-corrected chi connectivity index (χ2v) is 9.71. The number of hydrogen-bond acceptors (Lipinski definition) is 6. The maximum Gasteiger partial charge on any atom is 0.263 e. The lowest BCUT2D eigenvalue weighted by Crippen LogP contribution is -2.14. The predicted octanol–water partition coefficient (Wildman–Crippen LogP) is 4.78. The lowest BCUT2D eigenvalue weighted by Gasteiger charge is -2.14. The van der Waals surface area contributed by atoms with Gasteiger partial charge in [-0.2, -0.15) is 5.10 Å². The van der Waals surface area contributed by atoms with E-state index < -0.39 is 10.0 Å². The Balaban J connectivity index is 1.71.